The van der Waals surface area contributed by atoms with Crippen molar-refractivity contribution in [3.63, 3.8) is 0 Å². The first-order chi connectivity index (χ1) is 7.77. The SMILES string of the molecule is CCCCCCCOP(O)(=S)OOP(=O)(O)O. The molecule has 0 radical (unpaired) electrons. The lowest BCUT2D eigenvalue weighted by Gasteiger charge is -2.14. The molecule has 0 rings (SSSR count). The summed E-state index contributed by atoms with van der Waals surface area (Å²) < 4.78 is 22.7. The van der Waals surface area contributed by atoms with Crippen molar-refractivity contribution in [3.05, 3.63) is 0 Å². The zero-order valence-electron chi connectivity index (χ0n) is 9.52. The Morgan fingerprint density at radius 3 is 2.18 bits per heavy atom. The molecule has 104 valence electrons. The topological polar surface area (TPSA) is 105 Å². The highest BCUT2D eigenvalue weighted by atomic mass is 32.5. The van der Waals surface area contributed by atoms with Gasteiger partial charge in [0.15, 0.2) is 0 Å². The first-order valence-corrected chi connectivity index (χ1v) is 9.30. The van der Waals surface area contributed by atoms with E-state index in [1.807, 2.05) is 0 Å². The molecule has 0 aliphatic heterocycles. The Kier molecular flexibility index (Phi) is 9.02. The standard InChI is InChI=1S/C7H18O7P2S/c1-2-3-4-5-6-7-12-16(11,17)14-13-15(8,9)10/h2-7H2,1H3,(H,11,17)(H2,8,9,10). The van der Waals surface area contributed by atoms with Crippen molar-refractivity contribution >= 4 is 26.3 Å². The van der Waals surface area contributed by atoms with E-state index in [9.17, 15) is 9.46 Å². The van der Waals surface area contributed by atoms with Gasteiger partial charge in [-0.3, -0.25) is 0 Å². The summed E-state index contributed by atoms with van der Waals surface area (Å²) in [6, 6.07) is 0. The molecule has 0 aliphatic carbocycles. The predicted octanol–water partition coefficient (Wildman–Crippen LogP) is 2.23. The van der Waals surface area contributed by atoms with E-state index in [1.54, 1.807) is 0 Å². The average molecular weight is 308 g/mol. The van der Waals surface area contributed by atoms with Gasteiger partial charge in [0.05, 0.1) is 6.61 Å². The third-order valence-corrected chi connectivity index (χ3v) is 3.38. The lowest BCUT2D eigenvalue weighted by molar-refractivity contribution is -0.135. The lowest BCUT2D eigenvalue weighted by atomic mass is 10.2. The highest BCUT2D eigenvalue weighted by Crippen LogP contribution is 2.50. The minimum Gasteiger partial charge on any atom is -0.323 e. The third kappa shape index (κ3) is 12.9. The highest BCUT2D eigenvalue weighted by molar-refractivity contribution is 8.07. The maximum atomic E-state index is 10.3. The first kappa shape index (κ1) is 17.6. The van der Waals surface area contributed by atoms with Crippen molar-refractivity contribution in [2.24, 2.45) is 0 Å². The Morgan fingerprint density at radius 2 is 1.65 bits per heavy atom. The van der Waals surface area contributed by atoms with Gasteiger partial charge >= 0.3 is 14.5 Å². The second kappa shape index (κ2) is 8.69. The second-order valence-electron chi connectivity index (χ2n) is 3.36. The van der Waals surface area contributed by atoms with E-state index >= 15 is 0 Å². The van der Waals surface area contributed by atoms with Gasteiger partial charge in [-0.15, -0.1) is 9.35 Å². The van der Waals surface area contributed by atoms with E-state index in [-0.39, 0.29) is 6.61 Å². The van der Waals surface area contributed by atoms with Gasteiger partial charge in [-0.25, -0.2) is 4.57 Å². The fourth-order valence-corrected chi connectivity index (χ4v) is 2.55. The maximum absolute atomic E-state index is 10.3. The van der Waals surface area contributed by atoms with Gasteiger partial charge in [0.25, 0.3) is 0 Å². The molecule has 0 spiro atoms. The number of hydrogen-bond acceptors (Lipinski definition) is 5. The molecule has 0 aromatic carbocycles. The van der Waals surface area contributed by atoms with Gasteiger partial charge in [0.1, 0.15) is 0 Å². The Bertz CT molecular complexity index is 292. The van der Waals surface area contributed by atoms with Crippen LogP contribution in [0.1, 0.15) is 39.0 Å². The molecule has 1 atom stereocenters. The van der Waals surface area contributed by atoms with Crippen LogP contribution in [0.25, 0.3) is 0 Å². The molecule has 0 aliphatic rings. The van der Waals surface area contributed by atoms with Crippen LogP contribution >= 0.6 is 14.5 Å². The van der Waals surface area contributed by atoms with E-state index in [0.717, 1.165) is 25.7 Å². The van der Waals surface area contributed by atoms with Crippen molar-refractivity contribution in [1.82, 2.24) is 0 Å². The minimum atomic E-state index is -4.82. The van der Waals surface area contributed by atoms with Crippen LogP contribution in [0.15, 0.2) is 0 Å². The van der Waals surface area contributed by atoms with Gasteiger partial charge in [-0.1, -0.05) is 32.6 Å². The highest BCUT2D eigenvalue weighted by Gasteiger charge is 2.24. The number of rotatable bonds is 10. The molecular formula is C7H18O7P2S. The van der Waals surface area contributed by atoms with E-state index in [4.69, 9.17) is 14.3 Å². The predicted molar refractivity (Wildman–Crippen MR) is 65.4 cm³/mol. The molecule has 0 aromatic heterocycles. The fourth-order valence-electron chi connectivity index (χ4n) is 0.993. The van der Waals surface area contributed by atoms with Crippen LogP contribution in [0.2, 0.25) is 0 Å². The van der Waals surface area contributed by atoms with Crippen molar-refractivity contribution in [3.8, 4) is 0 Å². The van der Waals surface area contributed by atoms with Gasteiger partial charge in [0, 0.05) is 0 Å². The maximum Gasteiger partial charge on any atom is 0.497 e. The van der Waals surface area contributed by atoms with E-state index in [2.05, 4.69) is 28.1 Å². The molecular weight excluding hydrogens is 290 g/mol. The van der Waals surface area contributed by atoms with Gasteiger partial charge in [-0.2, -0.15) is 0 Å². The number of unbranched alkanes of at least 4 members (excludes halogenated alkanes) is 4. The van der Waals surface area contributed by atoms with Crippen LogP contribution in [-0.2, 0) is 30.2 Å². The monoisotopic (exact) mass is 308 g/mol. The number of phosphoric acid groups is 1. The summed E-state index contributed by atoms with van der Waals surface area (Å²) >= 11 is 4.47. The van der Waals surface area contributed by atoms with Crippen LogP contribution in [0, 0.1) is 0 Å². The molecule has 0 bridgehead atoms. The Hall–Kier alpha value is 0.640. The molecule has 17 heavy (non-hydrogen) atoms. The summed E-state index contributed by atoms with van der Waals surface area (Å²) in [7, 11) is -4.82. The van der Waals surface area contributed by atoms with Crippen LogP contribution in [0.3, 0.4) is 0 Å². The molecule has 0 aromatic rings. The van der Waals surface area contributed by atoms with E-state index in [1.165, 1.54) is 0 Å². The smallest absolute Gasteiger partial charge is 0.323 e. The van der Waals surface area contributed by atoms with Crippen molar-refractivity contribution in [2.75, 3.05) is 6.61 Å². The summed E-state index contributed by atoms with van der Waals surface area (Å²) in [5.41, 5.74) is 0. The first-order valence-electron chi connectivity index (χ1n) is 5.18. The average Bonchev–Trinajstić information content (AvgIpc) is 2.20. The van der Waals surface area contributed by atoms with Gasteiger partial charge in [0.2, 0.25) is 0 Å². The molecule has 0 saturated carbocycles. The summed E-state index contributed by atoms with van der Waals surface area (Å²) in [5.74, 6) is 0. The Balaban J connectivity index is 3.64. The molecule has 0 saturated heterocycles. The molecule has 1 unspecified atom stereocenters. The normalized spacial score (nSPS) is 15.8. The largest absolute Gasteiger partial charge is 0.497 e. The van der Waals surface area contributed by atoms with E-state index < -0.39 is 14.5 Å². The second-order valence-corrected chi connectivity index (χ2v) is 7.21. The molecule has 0 amide bonds. The Morgan fingerprint density at radius 1 is 1.06 bits per heavy atom. The Labute approximate surface area is 106 Å². The molecule has 0 fully saturated rings. The van der Waals surface area contributed by atoms with Crippen LogP contribution < -0.4 is 0 Å². The van der Waals surface area contributed by atoms with Crippen LogP contribution in [0.5, 0.6) is 0 Å². The summed E-state index contributed by atoms with van der Waals surface area (Å²) in [4.78, 5) is 25.9. The summed E-state index contributed by atoms with van der Waals surface area (Å²) in [6.07, 6.45) is 4.94. The molecule has 0 heterocycles. The van der Waals surface area contributed by atoms with E-state index in [0.29, 0.717) is 6.42 Å². The fraction of sp³-hybridized carbons (Fsp3) is 1.00. The van der Waals surface area contributed by atoms with Crippen molar-refractivity contribution in [1.29, 1.82) is 0 Å². The number of hydrogen-bond donors (Lipinski definition) is 3. The van der Waals surface area contributed by atoms with Crippen molar-refractivity contribution < 1.29 is 33.1 Å². The third-order valence-electron chi connectivity index (χ3n) is 1.73. The zero-order chi connectivity index (χ0) is 13.4. The quantitative estimate of drug-likeness (QED) is 0.244. The molecule has 10 heteroatoms. The summed E-state index contributed by atoms with van der Waals surface area (Å²) in [6.45, 7) is -1.46. The minimum absolute atomic E-state index is 0.169. The van der Waals surface area contributed by atoms with Crippen LogP contribution in [0.4, 0.5) is 0 Å². The van der Waals surface area contributed by atoms with Gasteiger partial charge in [-0.05, 0) is 18.2 Å². The summed E-state index contributed by atoms with van der Waals surface area (Å²) in [5, 5.41) is 0. The van der Waals surface area contributed by atoms with Gasteiger partial charge < -0.3 is 19.2 Å². The molecule has 3 N–H and O–H groups in total. The zero-order valence-corrected chi connectivity index (χ0v) is 12.1. The van der Waals surface area contributed by atoms with Crippen LogP contribution in [-0.4, -0.2) is 21.3 Å². The molecule has 7 nitrogen and oxygen atoms in total. The lowest BCUT2D eigenvalue weighted by Crippen LogP contribution is -1.97. The van der Waals surface area contributed by atoms with Crippen molar-refractivity contribution in [2.45, 2.75) is 39.0 Å².